The Morgan fingerprint density at radius 3 is 2.61 bits per heavy atom. The van der Waals surface area contributed by atoms with Gasteiger partial charge in [0, 0.05) is 6.42 Å². The molecular formula is C12H17F2NO3. The highest BCUT2D eigenvalue weighted by Crippen LogP contribution is 2.24. The fourth-order valence-electron chi connectivity index (χ4n) is 1.39. The molecule has 0 unspecified atom stereocenters. The van der Waals surface area contributed by atoms with Gasteiger partial charge in [-0.25, -0.2) is 18.6 Å². The van der Waals surface area contributed by atoms with Gasteiger partial charge in [-0.15, -0.1) is 0 Å². The van der Waals surface area contributed by atoms with E-state index in [9.17, 15) is 13.6 Å². The number of alkyl halides is 2. The van der Waals surface area contributed by atoms with Gasteiger partial charge in [-0.3, -0.25) is 0 Å². The summed E-state index contributed by atoms with van der Waals surface area (Å²) in [5.74, 6) is -0.818. The molecule has 0 radical (unpaired) electrons. The second kappa shape index (κ2) is 6.47. The SMILES string of the molecule is CCOC(=O)c1oc(CCC(C)C)nc1C(F)F. The minimum Gasteiger partial charge on any atom is -0.460 e. The number of carbonyl (C=O) groups excluding carboxylic acids is 1. The van der Waals surface area contributed by atoms with Crippen LogP contribution in [0.5, 0.6) is 0 Å². The van der Waals surface area contributed by atoms with Crippen molar-refractivity contribution in [2.45, 2.75) is 40.0 Å². The highest BCUT2D eigenvalue weighted by Gasteiger charge is 2.27. The van der Waals surface area contributed by atoms with Crippen molar-refractivity contribution in [1.82, 2.24) is 4.98 Å². The molecule has 0 aliphatic carbocycles. The van der Waals surface area contributed by atoms with Crippen molar-refractivity contribution < 1.29 is 22.7 Å². The predicted octanol–water partition coefficient (Wildman–Crippen LogP) is 3.38. The minimum absolute atomic E-state index is 0.101. The second-order valence-electron chi connectivity index (χ2n) is 4.28. The molecule has 4 nitrogen and oxygen atoms in total. The molecule has 1 aromatic rings. The molecule has 0 fully saturated rings. The van der Waals surface area contributed by atoms with E-state index in [2.05, 4.69) is 9.72 Å². The molecule has 0 saturated heterocycles. The van der Waals surface area contributed by atoms with Gasteiger partial charge >= 0.3 is 5.97 Å². The van der Waals surface area contributed by atoms with Gasteiger partial charge in [0.2, 0.25) is 5.76 Å². The van der Waals surface area contributed by atoms with Crippen LogP contribution in [0, 0.1) is 5.92 Å². The molecule has 6 heteroatoms. The number of oxazole rings is 1. The van der Waals surface area contributed by atoms with Crippen molar-refractivity contribution in [1.29, 1.82) is 0 Å². The van der Waals surface area contributed by atoms with Crippen LogP contribution in [-0.2, 0) is 11.2 Å². The minimum atomic E-state index is -2.85. The Labute approximate surface area is 104 Å². The molecule has 0 saturated carbocycles. The molecule has 1 heterocycles. The number of hydrogen-bond acceptors (Lipinski definition) is 4. The molecule has 0 aliphatic heterocycles. The molecule has 102 valence electrons. The predicted molar refractivity (Wildman–Crippen MR) is 60.6 cm³/mol. The Balaban J connectivity index is 2.90. The number of esters is 1. The first-order chi connectivity index (χ1) is 8.45. The molecule has 1 rings (SSSR count). The van der Waals surface area contributed by atoms with Gasteiger partial charge in [-0.2, -0.15) is 0 Å². The molecule has 0 N–H and O–H groups in total. The summed E-state index contributed by atoms with van der Waals surface area (Å²) >= 11 is 0. The summed E-state index contributed by atoms with van der Waals surface area (Å²) in [5, 5.41) is 0. The van der Waals surface area contributed by atoms with Crippen LogP contribution >= 0.6 is 0 Å². The third-order valence-corrected chi connectivity index (χ3v) is 2.30. The highest BCUT2D eigenvalue weighted by atomic mass is 19.3. The molecule has 18 heavy (non-hydrogen) atoms. The number of halogens is 2. The molecule has 1 aromatic heterocycles. The van der Waals surface area contributed by atoms with Crippen molar-refractivity contribution in [2.24, 2.45) is 5.92 Å². The van der Waals surface area contributed by atoms with E-state index in [-0.39, 0.29) is 12.5 Å². The Kier molecular flexibility index (Phi) is 5.25. The van der Waals surface area contributed by atoms with Crippen LogP contribution in [0.3, 0.4) is 0 Å². The quantitative estimate of drug-likeness (QED) is 0.737. The van der Waals surface area contributed by atoms with E-state index in [1.165, 1.54) is 0 Å². The van der Waals surface area contributed by atoms with Crippen molar-refractivity contribution in [3.8, 4) is 0 Å². The molecule has 0 aliphatic rings. The van der Waals surface area contributed by atoms with Crippen LogP contribution in [-0.4, -0.2) is 17.6 Å². The smallest absolute Gasteiger partial charge is 0.376 e. The lowest BCUT2D eigenvalue weighted by Crippen LogP contribution is -2.06. The number of aromatic nitrogens is 1. The van der Waals surface area contributed by atoms with E-state index in [1.54, 1.807) is 6.92 Å². The zero-order valence-corrected chi connectivity index (χ0v) is 10.7. The Morgan fingerprint density at radius 1 is 1.44 bits per heavy atom. The summed E-state index contributed by atoms with van der Waals surface area (Å²) in [6.45, 7) is 5.70. The number of ether oxygens (including phenoxy) is 1. The number of aryl methyl sites for hydroxylation is 1. The van der Waals surface area contributed by atoms with Crippen LogP contribution in [0.1, 0.15) is 55.8 Å². The first-order valence-corrected chi connectivity index (χ1v) is 5.90. The van der Waals surface area contributed by atoms with Crippen LogP contribution in [0.15, 0.2) is 4.42 Å². The van der Waals surface area contributed by atoms with Crippen molar-refractivity contribution in [3.05, 3.63) is 17.3 Å². The molecule has 0 aromatic carbocycles. The lowest BCUT2D eigenvalue weighted by molar-refractivity contribution is 0.0474. The summed E-state index contributed by atoms with van der Waals surface area (Å²) in [6, 6.07) is 0. The Hall–Kier alpha value is -1.46. The molecular weight excluding hydrogens is 244 g/mol. The number of rotatable bonds is 6. The largest absolute Gasteiger partial charge is 0.460 e. The van der Waals surface area contributed by atoms with Gasteiger partial charge in [-0.05, 0) is 19.3 Å². The molecule has 0 amide bonds. The zero-order chi connectivity index (χ0) is 13.7. The fourth-order valence-corrected chi connectivity index (χ4v) is 1.39. The van der Waals surface area contributed by atoms with E-state index in [4.69, 9.17) is 4.42 Å². The zero-order valence-electron chi connectivity index (χ0n) is 10.7. The number of hydrogen-bond donors (Lipinski definition) is 0. The van der Waals surface area contributed by atoms with Gasteiger partial charge < -0.3 is 9.15 Å². The molecule has 0 atom stereocenters. The highest BCUT2D eigenvalue weighted by molar-refractivity contribution is 5.87. The van der Waals surface area contributed by atoms with Crippen LogP contribution in [0.2, 0.25) is 0 Å². The molecule has 0 bridgehead atoms. The van der Waals surface area contributed by atoms with E-state index >= 15 is 0 Å². The first kappa shape index (κ1) is 14.6. The summed E-state index contributed by atoms with van der Waals surface area (Å²) in [5.41, 5.74) is -0.632. The van der Waals surface area contributed by atoms with E-state index in [0.29, 0.717) is 12.3 Å². The van der Waals surface area contributed by atoms with E-state index < -0.39 is 23.8 Å². The lowest BCUT2D eigenvalue weighted by atomic mass is 10.1. The maximum atomic E-state index is 12.7. The van der Waals surface area contributed by atoms with Gasteiger partial charge in [0.15, 0.2) is 11.6 Å². The maximum Gasteiger partial charge on any atom is 0.376 e. The fraction of sp³-hybridized carbons (Fsp3) is 0.667. The Morgan fingerprint density at radius 2 is 2.11 bits per heavy atom. The first-order valence-electron chi connectivity index (χ1n) is 5.90. The average Bonchev–Trinajstić information content (AvgIpc) is 2.71. The van der Waals surface area contributed by atoms with Crippen LogP contribution in [0.4, 0.5) is 8.78 Å². The monoisotopic (exact) mass is 261 g/mol. The lowest BCUT2D eigenvalue weighted by Gasteiger charge is -2.00. The standard InChI is InChI=1S/C12H17F2NO3/c1-4-17-12(16)10-9(11(13)14)15-8(18-10)6-5-7(2)3/h7,11H,4-6H2,1-3H3. The summed E-state index contributed by atoms with van der Waals surface area (Å²) in [6.07, 6.45) is -1.66. The van der Waals surface area contributed by atoms with Gasteiger partial charge in [0.05, 0.1) is 6.61 Å². The van der Waals surface area contributed by atoms with Crippen molar-refractivity contribution in [2.75, 3.05) is 6.61 Å². The van der Waals surface area contributed by atoms with Crippen LogP contribution < -0.4 is 0 Å². The summed E-state index contributed by atoms with van der Waals surface area (Å²) in [4.78, 5) is 15.1. The molecule has 0 spiro atoms. The Bertz CT molecular complexity index is 402. The number of carbonyl (C=O) groups is 1. The van der Waals surface area contributed by atoms with E-state index in [1.807, 2.05) is 13.8 Å². The van der Waals surface area contributed by atoms with Gasteiger partial charge in [-0.1, -0.05) is 13.8 Å². The van der Waals surface area contributed by atoms with Crippen molar-refractivity contribution in [3.63, 3.8) is 0 Å². The third-order valence-electron chi connectivity index (χ3n) is 2.30. The normalized spacial score (nSPS) is 11.3. The van der Waals surface area contributed by atoms with Crippen LogP contribution in [0.25, 0.3) is 0 Å². The van der Waals surface area contributed by atoms with Gasteiger partial charge in [0.1, 0.15) is 0 Å². The van der Waals surface area contributed by atoms with Gasteiger partial charge in [0.25, 0.3) is 6.43 Å². The third kappa shape index (κ3) is 3.78. The average molecular weight is 261 g/mol. The summed E-state index contributed by atoms with van der Waals surface area (Å²) in [7, 11) is 0. The topological polar surface area (TPSA) is 52.3 Å². The van der Waals surface area contributed by atoms with E-state index in [0.717, 1.165) is 6.42 Å². The van der Waals surface area contributed by atoms with Crippen molar-refractivity contribution >= 4 is 5.97 Å². The number of nitrogens with zero attached hydrogens (tertiary/aromatic N) is 1. The maximum absolute atomic E-state index is 12.7. The second-order valence-corrected chi connectivity index (χ2v) is 4.28. The summed E-state index contributed by atoms with van der Waals surface area (Å²) < 4.78 is 35.1.